The summed E-state index contributed by atoms with van der Waals surface area (Å²) >= 11 is 3.93. The maximum Gasteiger partial charge on any atom is 0.231 e. The normalized spacial score (nSPS) is 18.4. The molecule has 1 aliphatic carbocycles. The molecule has 1 atom stereocenters. The number of fused-ring (bicyclic) bond motifs is 2. The Labute approximate surface area is 145 Å². The summed E-state index contributed by atoms with van der Waals surface area (Å²) in [7, 11) is 0. The van der Waals surface area contributed by atoms with E-state index in [2.05, 4.69) is 65.3 Å². The Morgan fingerprint density at radius 1 is 1.09 bits per heavy atom. The van der Waals surface area contributed by atoms with Gasteiger partial charge in [0.05, 0.1) is 4.83 Å². The highest BCUT2D eigenvalue weighted by molar-refractivity contribution is 9.09. The average Bonchev–Trinajstić information content (AvgIpc) is 3.14. The van der Waals surface area contributed by atoms with Gasteiger partial charge in [0.15, 0.2) is 11.5 Å². The van der Waals surface area contributed by atoms with Crippen LogP contribution in [0.25, 0.3) is 5.57 Å². The minimum absolute atomic E-state index is 0.258. The number of hydrogen-bond donors (Lipinski definition) is 0. The van der Waals surface area contributed by atoms with Gasteiger partial charge in [-0.1, -0.05) is 59.6 Å². The Morgan fingerprint density at radius 3 is 2.57 bits per heavy atom. The van der Waals surface area contributed by atoms with Crippen molar-refractivity contribution >= 4 is 21.5 Å². The van der Waals surface area contributed by atoms with Gasteiger partial charge in [-0.05, 0) is 52.8 Å². The molecule has 0 fully saturated rings. The summed E-state index contributed by atoms with van der Waals surface area (Å²) < 4.78 is 11.2. The maximum absolute atomic E-state index is 5.60. The van der Waals surface area contributed by atoms with Gasteiger partial charge in [-0.25, -0.2) is 0 Å². The summed E-state index contributed by atoms with van der Waals surface area (Å²) in [5, 5.41) is 0. The molecule has 0 aromatic heterocycles. The molecule has 0 spiro atoms. The molecule has 23 heavy (non-hydrogen) atoms. The first-order valence-corrected chi connectivity index (χ1v) is 9.07. The van der Waals surface area contributed by atoms with E-state index in [1.807, 2.05) is 0 Å². The summed E-state index contributed by atoms with van der Waals surface area (Å²) in [6, 6.07) is 15.0. The number of ether oxygens (including phenoxy) is 2. The van der Waals surface area contributed by atoms with Gasteiger partial charge in [-0.15, -0.1) is 0 Å². The van der Waals surface area contributed by atoms with Crippen LogP contribution in [-0.2, 0) is 0 Å². The zero-order chi connectivity index (χ0) is 15.8. The fraction of sp³-hybridized carbons (Fsp3) is 0.300. The Balaban J connectivity index is 1.88. The van der Waals surface area contributed by atoms with Crippen molar-refractivity contribution < 1.29 is 9.47 Å². The third kappa shape index (κ3) is 2.47. The molecule has 3 heteroatoms. The lowest BCUT2D eigenvalue weighted by molar-refractivity contribution is 0.174. The number of benzene rings is 2. The first-order valence-electron chi connectivity index (χ1n) is 8.16. The van der Waals surface area contributed by atoms with Crippen molar-refractivity contribution in [2.24, 2.45) is 0 Å². The molecule has 0 saturated heterocycles. The van der Waals surface area contributed by atoms with Crippen LogP contribution in [0.3, 0.4) is 0 Å². The fourth-order valence-corrected chi connectivity index (χ4v) is 4.27. The molecule has 1 aliphatic heterocycles. The highest BCUT2D eigenvalue weighted by atomic mass is 79.9. The Kier molecular flexibility index (Phi) is 3.90. The first-order chi connectivity index (χ1) is 11.3. The molecule has 2 aliphatic rings. The van der Waals surface area contributed by atoms with Crippen molar-refractivity contribution in [3.8, 4) is 11.5 Å². The van der Waals surface area contributed by atoms with Crippen LogP contribution in [0.1, 0.15) is 47.7 Å². The van der Waals surface area contributed by atoms with Gasteiger partial charge >= 0.3 is 0 Å². The van der Waals surface area contributed by atoms with Crippen molar-refractivity contribution in [1.29, 1.82) is 0 Å². The number of allylic oxidation sites excluding steroid dienone is 1. The van der Waals surface area contributed by atoms with E-state index in [9.17, 15) is 0 Å². The molecule has 0 radical (unpaired) electrons. The number of halogens is 1. The molecule has 0 bridgehead atoms. The van der Waals surface area contributed by atoms with Gasteiger partial charge in [0.2, 0.25) is 6.79 Å². The molecule has 2 nitrogen and oxygen atoms in total. The second kappa shape index (κ2) is 6.04. The molecule has 0 amide bonds. The minimum Gasteiger partial charge on any atom is -0.454 e. The molecule has 2 aromatic carbocycles. The monoisotopic (exact) mass is 370 g/mol. The molecular formula is C20H19BrO2. The number of rotatable bonds is 4. The highest BCUT2D eigenvalue weighted by Gasteiger charge is 2.32. The largest absolute Gasteiger partial charge is 0.454 e. The maximum atomic E-state index is 5.60. The third-order valence-corrected chi connectivity index (χ3v) is 5.62. The van der Waals surface area contributed by atoms with Crippen molar-refractivity contribution in [1.82, 2.24) is 0 Å². The quantitative estimate of drug-likeness (QED) is 0.627. The number of hydrogen-bond acceptors (Lipinski definition) is 2. The standard InChI is InChI=1S/C20H19BrO2/c1-2-3-9-14-19(13-7-5-4-6-8-13)15-10-17-18(23-12-22-17)11-16(15)20(14)21/h4-8,10-11,20H,2-3,9,12H2,1H3. The van der Waals surface area contributed by atoms with Gasteiger partial charge in [-0.3, -0.25) is 0 Å². The van der Waals surface area contributed by atoms with E-state index in [1.165, 1.54) is 40.7 Å². The zero-order valence-corrected chi connectivity index (χ0v) is 14.7. The van der Waals surface area contributed by atoms with Gasteiger partial charge in [0.1, 0.15) is 0 Å². The molecule has 118 valence electrons. The average molecular weight is 371 g/mol. The number of alkyl halides is 1. The van der Waals surface area contributed by atoms with Crippen LogP contribution in [0.2, 0.25) is 0 Å². The van der Waals surface area contributed by atoms with Gasteiger partial charge < -0.3 is 9.47 Å². The van der Waals surface area contributed by atoms with E-state index >= 15 is 0 Å². The Morgan fingerprint density at radius 2 is 1.83 bits per heavy atom. The Hall–Kier alpha value is -1.74. The summed E-state index contributed by atoms with van der Waals surface area (Å²) in [4.78, 5) is 0.258. The Bertz CT molecular complexity index is 765. The summed E-state index contributed by atoms with van der Waals surface area (Å²) in [5.74, 6) is 1.71. The predicted octanol–water partition coefficient (Wildman–Crippen LogP) is 5.86. The molecule has 2 aromatic rings. The van der Waals surface area contributed by atoms with E-state index in [4.69, 9.17) is 9.47 Å². The van der Waals surface area contributed by atoms with Crippen molar-refractivity contribution in [3.05, 3.63) is 64.7 Å². The van der Waals surface area contributed by atoms with E-state index < -0.39 is 0 Å². The first kappa shape index (κ1) is 14.8. The SMILES string of the molecule is CCCCC1=C(c2ccccc2)c2cc3c(cc2C1Br)OCO3. The van der Waals surface area contributed by atoms with Crippen LogP contribution >= 0.6 is 15.9 Å². The molecule has 4 rings (SSSR count). The van der Waals surface area contributed by atoms with Crippen molar-refractivity contribution in [3.63, 3.8) is 0 Å². The fourth-order valence-electron chi connectivity index (χ4n) is 3.44. The van der Waals surface area contributed by atoms with E-state index in [0.29, 0.717) is 6.79 Å². The number of unbranched alkanes of at least 4 members (excludes halogenated alkanes) is 1. The van der Waals surface area contributed by atoms with Crippen molar-refractivity contribution in [2.45, 2.75) is 31.0 Å². The van der Waals surface area contributed by atoms with Gasteiger partial charge in [0, 0.05) is 0 Å². The smallest absolute Gasteiger partial charge is 0.231 e. The van der Waals surface area contributed by atoms with E-state index in [0.717, 1.165) is 17.9 Å². The summed E-state index contributed by atoms with van der Waals surface area (Å²) in [5.41, 5.74) is 6.67. The predicted molar refractivity (Wildman–Crippen MR) is 96.2 cm³/mol. The zero-order valence-electron chi connectivity index (χ0n) is 13.1. The second-order valence-electron chi connectivity index (χ2n) is 6.03. The summed E-state index contributed by atoms with van der Waals surface area (Å²) in [6.07, 6.45) is 3.51. The molecular weight excluding hydrogens is 352 g/mol. The van der Waals surface area contributed by atoms with Crippen LogP contribution in [-0.4, -0.2) is 6.79 Å². The lowest BCUT2D eigenvalue weighted by atomic mass is 9.95. The van der Waals surface area contributed by atoms with E-state index in [1.54, 1.807) is 0 Å². The van der Waals surface area contributed by atoms with Crippen LogP contribution in [0.5, 0.6) is 11.5 Å². The topological polar surface area (TPSA) is 18.5 Å². The molecule has 1 unspecified atom stereocenters. The third-order valence-electron chi connectivity index (χ3n) is 4.58. The van der Waals surface area contributed by atoms with Crippen LogP contribution in [0, 0.1) is 0 Å². The summed E-state index contributed by atoms with van der Waals surface area (Å²) in [6.45, 7) is 2.56. The van der Waals surface area contributed by atoms with Crippen LogP contribution < -0.4 is 9.47 Å². The minimum atomic E-state index is 0.258. The lowest BCUT2D eigenvalue weighted by Crippen LogP contribution is -1.93. The van der Waals surface area contributed by atoms with Crippen LogP contribution in [0.15, 0.2) is 48.0 Å². The molecule has 1 heterocycles. The van der Waals surface area contributed by atoms with E-state index in [-0.39, 0.29) is 4.83 Å². The van der Waals surface area contributed by atoms with Gasteiger partial charge in [0.25, 0.3) is 0 Å². The van der Waals surface area contributed by atoms with Crippen molar-refractivity contribution in [2.75, 3.05) is 6.79 Å². The second-order valence-corrected chi connectivity index (χ2v) is 6.94. The van der Waals surface area contributed by atoms with Crippen LogP contribution in [0.4, 0.5) is 0 Å². The highest BCUT2D eigenvalue weighted by Crippen LogP contribution is 2.53. The molecule has 0 saturated carbocycles. The molecule has 0 N–H and O–H groups in total. The lowest BCUT2D eigenvalue weighted by Gasteiger charge is -2.11. The van der Waals surface area contributed by atoms with Gasteiger partial charge in [-0.2, -0.15) is 0 Å².